The fourth-order valence-electron chi connectivity index (χ4n) is 5.93. The molecule has 0 aliphatic carbocycles. The highest BCUT2D eigenvalue weighted by molar-refractivity contribution is 7.80. The number of amides is 2. The van der Waals surface area contributed by atoms with E-state index in [4.69, 9.17) is 4.74 Å². The fraction of sp³-hybridized carbons (Fsp3) is 0.935. The molecule has 0 aromatic carbocycles. The molecule has 2 fully saturated rings. The summed E-state index contributed by atoms with van der Waals surface area (Å²) >= 11 is 0. The molecule has 2 rings (SSSR count). The molecular formula is C31H65N3O7S. The first kappa shape index (κ1) is 42.9. The van der Waals surface area contributed by atoms with Crippen LogP contribution < -0.4 is 0 Å². The molecule has 2 aliphatic heterocycles. The zero-order valence-electron chi connectivity index (χ0n) is 26.3. The monoisotopic (exact) mass is 623 g/mol. The molecule has 0 spiro atoms. The normalized spacial score (nSPS) is 17.9. The second-order valence-corrected chi connectivity index (χ2v) is 13.3. The van der Waals surface area contributed by atoms with Crippen molar-refractivity contribution in [3.63, 3.8) is 0 Å². The summed E-state index contributed by atoms with van der Waals surface area (Å²) in [6.07, 6.45) is 8.48. The van der Waals surface area contributed by atoms with Gasteiger partial charge >= 0.3 is 0 Å². The molecule has 2 saturated heterocycles. The minimum atomic E-state index is -4.41. The number of hydrogen-bond acceptors (Lipinski definition) is 7. The maximum Gasteiger partial charge on any atom is 0.222 e. The summed E-state index contributed by atoms with van der Waals surface area (Å²) < 4.78 is 38.4. The Kier molecular flexibility index (Phi) is 21.1. The number of rotatable bonds is 16. The summed E-state index contributed by atoms with van der Waals surface area (Å²) in [5, 5.41) is 0. The Hall–Kier alpha value is -1.27. The van der Waals surface area contributed by atoms with Crippen molar-refractivity contribution in [1.82, 2.24) is 9.80 Å². The van der Waals surface area contributed by atoms with E-state index in [0.29, 0.717) is 24.7 Å². The third-order valence-electron chi connectivity index (χ3n) is 8.82. The second kappa shape index (κ2) is 20.6. The molecule has 11 heteroatoms. The molecule has 2 atom stereocenters. The van der Waals surface area contributed by atoms with Crippen molar-refractivity contribution >= 4 is 22.2 Å². The highest BCUT2D eigenvalue weighted by Crippen LogP contribution is 2.30. The van der Waals surface area contributed by atoms with Gasteiger partial charge in [0.1, 0.15) is 6.54 Å². The van der Waals surface area contributed by atoms with Crippen LogP contribution in [0.2, 0.25) is 0 Å². The van der Waals surface area contributed by atoms with Gasteiger partial charge in [-0.15, -0.1) is 0 Å². The molecule has 252 valence electrons. The molecule has 2 unspecified atom stereocenters. The van der Waals surface area contributed by atoms with Crippen molar-refractivity contribution in [2.75, 3.05) is 59.6 Å². The lowest BCUT2D eigenvalue weighted by molar-refractivity contribution is -0.923. The minimum absolute atomic E-state index is 0. The van der Waals surface area contributed by atoms with E-state index in [1.165, 1.54) is 0 Å². The lowest BCUT2D eigenvalue weighted by Crippen LogP contribution is -2.49. The van der Waals surface area contributed by atoms with Crippen LogP contribution in [0.5, 0.6) is 0 Å². The molecule has 10 nitrogen and oxygen atoms in total. The van der Waals surface area contributed by atoms with Gasteiger partial charge in [-0.2, -0.15) is 0 Å². The average Bonchev–Trinajstić information content (AvgIpc) is 3.23. The van der Waals surface area contributed by atoms with Gasteiger partial charge in [-0.25, -0.2) is 8.42 Å². The number of quaternary nitrogens is 1. The lowest BCUT2D eigenvalue weighted by Gasteiger charge is -2.38. The first-order valence-corrected chi connectivity index (χ1v) is 16.6. The molecule has 2 aliphatic rings. The van der Waals surface area contributed by atoms with Crippen molar-refractivity contribution in [2.45, 2.75) is 126 Å². The number of likely N-dealkylation sites (tertiary alicyclic amines) is 2. The molecule has 0 saturated carbocycles. The molecule has 0 aromatic rings. The number of nitrogens with zero attached hydrogens (tertiary/aromatic N) is 3. The van der Waals surface area contributed by atoms with Crippen LogP contribution in [0.1, 0.15) is 114 Å². The second-order valence-electron chi connectivity index (χ2n) is 12.2. The third-order valence-corrected chi connectivity index (χ3v) is 9.23. The van der Waals surface area contributed by atoms with Gasteiger partial charge in [0.25, 0.3) is 0 Å². The van der Waals surface area contributed by atoms with Gasteiger partial charge in [-0.05, 0) is 71.6 Å². The van der Waals surface area contributed by atoms with E-state index in [1.54, 1.807) is 0 Å². The fourth-order valence-corrected chi connectivity index (χ4v) is 5.93. The number of carbonyl (C=O) groups excluding carboxylic acids is 2. The predicted octanol–water partition coefficient (Wildman–Crippen LogP) is 5.22. The van der Waals surface area contributed by atoms with Gasteiger partial charge in [0.15, 0.2) is 0 Å². The zero-order valence-corrected chi connectivity index (χ0v) is 27.1. The number of likely N-dealkylation sites (N-methyl/N-ethyl adjacent to an activating group) is 1. The molecule has 0 aromatic heterocycles. The maximum absolute atomic E-state index is 13.0. The summed E-state index contributed by atoms with van der Waals surface area (Å²) in [7, 11) is -3.60. The van der Waals surface area contributed by atoms with E-state index in [-0.39, 0.29) is 32.4 Å². The Morgan fingerprint density at radius 2 is 1.43 bits per heavy atom. The van der Waals surface area contributed by atoms with E-state index < -0.39 is 10.4 Å². The molecule has 42 heavy (non-hydrogen) atoms. The molecule has 2 heterocycles. The average molecular weight is 624 g/mol. The van der Waals surface area contributed by atoms with Crippen LogP contribution in [-0.2, 0) is 28.9 Å². The van der Waals surface area contributed by atoms with E-state index in [1.807, 2.05) is 0 Å². The largest absolute Gasteiger partial charge is 0.726 e. The van der Waals surface area contributed by atoms with Crippen LogP contribution >= 0.6 is 0 Å². The van der Waals surface area contributed by atoms with Crippen molar-refractivity contribution in [3.8, 4) is 0 Å². The van der Waals surface area contributed by atoms with Crippen molar-refractivity contribution in [1.29, 1.82) is 0 Å². The van der Waals surface area contributed by atoms with E-state index in [0.717, 1.165) is 109 Å². The van der Waals surface area contributed by atoms with Crippen LogP contribution in [0, 0.1) is 5.41 Å². The minimum Gasteiger partial charge on any atom is -0.726 e. The topological polar surface area (TPSA) is 116 Å². The molecule has 2 amide bonds. The SMILES string of the molecule is C.C.CC[N+](CC)(CC)CCOCC(C)(C)CC(CCC(C)N1CCCC1=O)N1CCCCCC1=O.COS(=O)(=O)[O-]. The molecular weight excluding hydrogens is 558 g/mol. The summed E-state index contributed by atoms with van der Waals surface area (Å²) in [5.41, 5.74) is 0.00422. The highest BCUT2D eigenvalue weighted by atomic mass is 32.3. The molecule has 0 radical (unpaired) electrons. The van der Waals surface area contributed by atoms with Crippen molar-refractivity contribution < 1.29 is 36.0 Å². The van der Waals surface area contributed by atoms with Gasteiger partial charge in [0.05, 0.1) is 40.0 Å². The molecule has 0 N–H and O–H groups in total. The third kappa shape index (κ3) is 15.5. The zero-order chi connectivity index (χ0) is 30.4. The Morgan fingerprint density at radius 1 is 0.905 bits per heavy atom. The maximum atomic E-state index is 13.0. The smallest absolute Gasteiger partial charge is 0.222 e. The van der Waals surface area contributed by atoms with Crippen LogP contribution in [0.25, 0.3) is 0 Å². The quantitative estimate of drug-likeness (QED) is 0.100. The van der Waals surface area contributed by atoms with E-state index in [2.05, 4.69) is 55.5 Å². The standard InChI is InChI=1S/C28H54N3O3.CH4O4S.2CH4/c1-7-31(8-2,9-3)20-21-34-23-28(5,6)22-25(30-18-12-10-11-14-27(30)33)17-16-24(4)29-19-13-15-26(29)32;1-5-6(2,3)4;;/h24-25H,7-23H2,1-6H3;1H3,(H,2,3,4);2*1H4/q+1;;;/p-1. The van der Waals surface area contributed by atoms with Crippen LogP contribution in [0.15, 0.2) is 0 Å². The van der Waals surface area contributed by atoms with Crippen LogP contribution in [-0.4, -0.2) is 111 Å². The first-order chi connectivity index (χ1) is 18.7. The Bertz CT molecular complexity index is 854. The number of carbonyl (C=O) groups is 2. The summed E-state index contributed by atoms with van der Waals surface area (Å²) in [6, 6.07) is 0.475. The Morgan fingerprint density at radius 3 is 1.93 bits per heavy atom. The Balaban J connectivity index is 0. The van der Waals surface area contributed by atoms with Gasteiger partial charge in [0.2, 0.25) is 22.2 Å². The van der Waals surface area contributed by atoms with Gasteiger partial charge in [-0.3, -0.25) is 13.8 Å². The van der Waals surface area contributed by atoms with E-state index in [9.17, 15) is 22.6 Å². The van der Waals surface area contributed by atoms with Gasteiger partial charge < -0.3 is 23.6 Å². The lowest BCUT2D eigenvalue weighted by atomic mass is 9.84. The Labute approximate surface area is 259 Å². The van der Waals surface area contributed by atoms with Gasteiger partial charge in [0, 0.05) is 38.0 Å². The van der Waals surface area contributed by atoms with Crippen LogP contribution in [0.3, 0.4) is 0 Å². The van der Waals surface area contributed by atoms with Gasteiger partial charge in [-0.1, -0.05) is 35.1 Å². The van der Waals surface area contributed by atoms with Crippen molar-refractivity contribution in [3.05, 3.63) is 0 Å². The summed E-state index contributed by atoms with van der Waals surface area (Å²) in [5.74, 6) is 0.615. The predicted molar refractivity (Wildman–Crippen MR) is 170 cm³/mol. The van der Waals surface area contributed by atoms with Crippen LogP contribution in [0.4, 0.5) is 0 Å². The number of hydrogen-bond donors (Lipinski definition) is 0. The number of ether oxygens (including phenoxy) is 1. The highest BCUT2D eigenvalue weighted by Gasteiger charge is 2.33. The first-order valence-electron chi connectivity index (χ1n) is 15.3. The molecule has 0 bridgehead atoms. The van der Waals surface area contributed by atoms with Crippen molar-refractivity contribution in [2.24, 2.45) is 5.41 Å². The van der Waals surface area contributed by atoms with E-state index >= 15 is 0 Å². The summed E-state index contributed by atoms with van der Waals surface area (Å²) in [4.78, 5) is 29.4. The summed E-state index contributed by atoms with van der Waals surface area (Å²) in [6.45, 7) is 21.4.